The fourth-order valence-electron chi connectivity index (χ4n) is 1.89. The summed E-state index contributed by atoms with van der Waals surface area (Å²) >= 11 is 0. The van der Waals surface area contributed by atoms with Gasteiger partial charge in [-0.1, -0.05) is 50.8 Å². The fourth-order valence-corrected chi connectivity index (χ4v) is 1.89. The van der Waals surface area contributed by atoms with Crippen molar-refractivity contribution < 1.29 is 0 Å². The molecule has 1 aromatic carbocycles. The molecule has 0 saturated heterocycles. The molecular formula is C16H21N. The Morgan fingerprint density at radius 2 is 1.82 bits per heavy atom. The highest BCUT2D eigenvalue weighted by molar-refractivity contribution is 5.81. The molecule has 1 aromatic heterocycles. The molecule has 2 rings (SSSR count). The molecule has 0 fully saturated rings. The number of nitrogens with zero attached hydrogens (tertiary/aromatic N) is 1. The summed E-state index contributed by atoms with van der Waals surface area (Å²) in [6.07, 6.45) is 6.17. The van der Waals surface area contributed by atoms with Crippen LogP contribution in [0.3, 0.4) is 0 Å². The SMILES string of the molecule is C=c1/c(=C\C=C/C)n(C)c2ccccc12.CC. The van der Waals surface area contributed by atoms with Crippen LogP contribution in [0, 0.1) is 0 Å². The first-order chi connectivity index (χ1) is 8.25. The first kappa shape index (κ1) is 13.3. The standard InChI is InChI=1S/C14H15N.C2H6/c1-4-5-9-13-11(2)12-8-6-7-10-14(12)15(13)3;1-2/h4-10H,2H2,1,3H3;1-2H3/b5-4-,13-9+;. The number of hydrogen-bond acceptors (Lipinski definition) is 0. The normalized spacial score (nSPS) is 11.9. The van der Waals surface area contributed by atoms with E-state index in [0.29, 0.717) is 0 Å². The van der Waals surface area contributed by atoms with Crippen LogP contribution in [0.5, 0.6) is 0 Å². The number of aryl methyl sites for hydroxylation is 1. The van der Waals surface area contributed by atoms with E-state index in [2.05, 4.69) is 48.5 Å². The minimum absolute atomic E-state index is 1.10. The molecule has 0 radical (unpaired) electrons. The van der Waals surface area contributed by atoms with Crippen LogP contribution in [-0.4, -0.2) is 4.57 Å². The summed E-state index contributed by atoms with van der Waals surface area (Å²) in [7, 11) is 2.08. The molecule has 0 bridgehead atoms. The molecule has 0 aliphatic rings. The summed E-state index contributed by atoms with van der Waals surface area (Å²) < 4.78 is 2.18. The van der Waals surface area contributed by atoms with E-state index in [1.807, 2.05) is 32.9 Å². The monoisotopic (exact) mass is 227 g/mol. The molecule has 0 amide bonds. The molecule has 0 aliphatic carbocycles. The average molecular weight is 227 g/mol. The molecule has 2 aromatic rings. The average Bonchev–Trinajstić information content (AvgIpc) is 2.63. The predicted molar refractivity (Wildman–Crippen MR) is 78.3 cm³/mol. The van der Waals surface area contributed by atoms with Gasteiger partial charge in [0.15, 0.2) is 0 Å². The molecule has 17 heavy (non-hydrogen) atoms. The first-order valence-electron chi connectivity index (χ1n) is 6.11. The third-order valence-electron chi connectivity index (χ3n) is 2.71. The van der Waals surface area contributed by atoms with Gasteiger partial charge in [0.1, 0.15) is 0 Å². The van der Waals surface area contributed by atoms with Crippen molar-refractivity contribution >= 4 is 23.6 Å². The van der Waals surface area contributed by atoms with Gasteiger partial charge in [-0.3, -0.25) is 0 Å². The zero-order valence-corrected chi connectivity index (χ0v) is 11.2. The van der Waals surface area contributed by atoms with Gasteiger partial charge < -0.3 is 4.57 Å². The van der Waals surface area contributed by atoms with Crippen molar-refractivity contribution in [1.82, 2.24) is 4.57 Å². The number of aromatic nitrogens is 1. The van der Waals surface area contributed by atoms with Gasteiger partial charge >= 0.3 is 0 Å². The molecule has 0 saturated carbocycles. The van der Waals surface area contributed by atoms with Crippen LogP contribution in [0.4, 0.5) is 0 Å². The Labute approximate surface area is 103 Å². The molecule has 1 heterocycles. The van der Waals surface area contributed by atoms with E-state index in [9.17, 15) is 0 Å². The third kappa shape index (κ3) is 2.50. The lowest BCUT2D eigenvalue weighted by molar-refractivity contribution is 0.926. The summed E-state index contributed by atoms with van der Waals surface area (Å²) in [6.45, 7) is 10.2. The van der Waals surface area contributed by atoms with Gasteiger partial charge in [-0.2, -0.15) is 0 Å². The number of rotatable bonds is 1. The van der Waals surface area contributed by atoms with Crippen LogP contribution in [0.15, 0.2) is 36.4 Å². The van der Waals surface area contributed by atoms with Crippen molar-refractivity contribution in [2.45, 2.75) is 20.8 Å². The van der Waals surface area contributed by atoms with Crippen molar-refractivity contribution in [3.05, 3.63) is 47.0 Å². The van der Waals surface area contributed by atoms with Crippen LogP contribution < -0.4 is 10.6 Å². The van der Waals surface area contributed by atoms with E-state index in [0.717, 1.165) is 5.22 Å². The van der Waals surface area contributed by atoms with Crippen LogP contribution in [-0.2, 0) is 7.05 Å². The Kier molecular flexibility index (Phi) is 4.77. The van der Waals surface area contributed by atoms with Gasteiger partial charge in [0.2, 0.25) is 0 Å². The van der Waals surface area contributed by atoms with E-state index >= 15 is 0 Å². The molecule has 0 atom stereocenters. The maximum absolute atomic E-state index is 4.14. The summed E-state index contributed by atoms with van der Waals surface area (Å²) in [5.41, 5.74) is 1.23. The lowest BCUT2D eigenvalue weighted by Gasteiger charge is -1.94. The van der Waals surface area contributed by atoms with Crippen molar-refractivity contribution in [1.29, 1.82) is 0 Å². The lowest BCUT2D eigenvalue weighted by atomic mass is 10.2. The molecule has 0 aliphatic heterocycles. The summed E-state index contributed by atoms with van der Waals surface area (Å²) in [4.78, 5) is 0. The Balaban J connectivity index is 0.000000686. The van der Waals surface area contributed by atoms with E-state index in [1.165, 1.54) is 16.3 Å². The summed E-state index contributed by atoms with van der Waals surface area (Å²) in [5, 5.41) is 3.51. The van der Waals surface area contributed by atoms with Gasteiger partial charge in [0.05, 0.1) is 0 Å². The van der Waals surface area contributed by atoms with Crippen molar-refractivity contribution in [2.75, 3.05) is 0 Å². The minimum Gasteiger partial charge on any atom is -0.344 e. The number of hydrogen-bond donors (Lipinski definition) is 0. The van der Waals surface area contributed by atoms with Crippen LogP contribution >= 0.6 is 0 Å². The van der Waals surface area contributed by atoms with Gasteiger partial charge in [-0.25, -0.2) is 0 Å². The molecule has 0 spiro atoms. The van der Waals surface area contributed by atoms with E-state index in [4.69, 9.17) is 0 Å². The topological polar surface area (TPSA) is 4.93 Å². The highest BCUT2D eigenvalue weighted by Gasteiger charge is 2.00. The predicted octanol–water partition coefficient (Wildman–Crippen LogP) is 2.97. The van der Waals surface area contributed by atoms with Gasteiger partial charge in [0.25, 0.3) is 0 Å². The number of benzene rings is 1. The minimum atomic E-state index is 1.10. The van der Waals surface area contributed by atoms with E-state index < -0.39 is 0 Å². The van der Waals surface area contributed by atoms with Crippen molar-refractivity contribution in [2.24, 2.45) is 7.05 Å². The Bertz CT molecular complexity index is 615. The molecule has 1 nitrogen and oxygen atoms in total. The first-order valence-corrected chi connectivity index (χ1v) is 6.11. The Hall–Kier alpha value is -1.76. The molecule has 90 valence electrons. The van der Waals surface area contributed by atoms with Crippen LogP contribution in [0.2, 0.25) is 0 Å². The summed E-state index contributed by atoms with van der Waals surface area (Å²) in [5.74, 6) is 0. The quantitative estimate of drug-likeness (QED) is 0.706. The van der Waals surface area contributed by atoms with Crippen LogP contribution in [0.1, 0.15) is 20.8 Å². The molecule has 1 heteroatoms. The summed E-state index contributed by atoms with van der Waals surface area (Å²) in [6, 6.07) is 8.35. The van der Waals surface area contributed by atoms with Crippen molar-refractivity contribution in [3.63, 3.8) is 0 Å². The second kappa shape index (κ2) is 6.09. The number of para-hydroxylation sites is 1. The highest BCUT2D eigenvalue weighted by Crippen LogP contribution is 2.05. The highest BCUT2D eigenvalue weighted by atomic mass is 14.9. The second-order valence-electron chi connectivity index (χ2n) is 3.63. The van der Waals surface area contributed by atoms with Gasteiger partial charge in [-0.05, 0) is 19.1 Å². The fraction of sp³-hybridized carbons (Fsp3) is 0.250. The van der Waals surface area contributed by atoms with E-state index in [-0.39, 0.29) is 0 Å². The van der Waals surface area contributed by atoms with E-state index in [1.54, 1.807) is 0 Å². The maximum Gasteiger partial charge on any atom is 0.0488 e. The lowest BCUT2D eigenvalue weighted by Crippen LogP contribution is -2.25. The third-order valence-corrected chi connectivity index (χ3v) is 2.71. The molecule has 0 N–H and O–H groups in total. The number of fused-ring (bicyclic) bond motifs is 1. The van der Waals surface area contributed by atoms with Crippen LogP contribution in [0.25, 0.3) is 23.6 Å². The molecular weight excluding hydrogens is 206 g/mol. The zero-order valence-electron chi connectivity index (χ0n) is 11.2. The Morgan fingerprint density at radius 1 is 1.18 bits per heavy atom. The largest absolute Gasteiger partial charge is 0.344 e. The van der Waals surface area contributed by atoms with Gasteiger partial charge in [0, 0.05) is 28.5 Å². The van der Waals surface area contributed by atoms with Gasteiger partial charge in [-0.15, -0.1) is 0 Å². The Morgan fingerprint density at radius 3 is 2.41 bits per heavy atom. The van der Waals surface area contributed by atoms with Crippen molar-refractivity contribution in [3.8, 4) is 0 Å². The number of allylic oxidation sites excluding steroid dienone is 2. The smallest absolute Gasteiger partial charge is 0.0488 e. The maximum atomic E-state index is 4.14. The molecule has 0 unspecified atom stereocenters. The second-order valence-corrected chi connectivity index (χ2v) is 3.63. The zero-order chi connectivity index (χ0) is 12.8.